The Hall–Kier alpha value is -0.810. The van der Waals surface area contributed by atoms with Crippen molar-refractivity contribution in [2.24, 2.45) is 5.73 Å². The molecule has 1 fully saturated rings. The van der Waals surface area contributed by atoms with Gasteiger partial charge in [-0.3, -0.25) is 0 Å². The van der Waals surface area contributed by atoms with Gasteiger partial charge in [0.1, 0.15) is 5.60 Å². The van der Waals surface area contributed by atoms with E-state index >= 15 is 0 Å². The van der Waals surface area contributed by atoms with Gasteiger partial charge in [-0.05, 0) is 33.6 Å². The number of hydrogen-bond acceptors (Lipinski definition) is 4. The van der Waals surface area contributed by atoms with Gasteiger partial charge in [0.25, 0.3) is 0 Å². The largest absolute Gasteiger partial charge is 0.444 e. The summed E-state index contributed by atoms with van der Waals surface area (Å²) < 4.78 is 5.25. The number of amides is 1. The topological polar surface area (TPSA) is 75.8 Å². The lowest BCUT2D eigenvalue weighted by molar-refractivity contribution is 0.0168. The van der Waals surface area contributed by atoms with Gasteiger partial charge in [-0.2, -0.15) is 0 Å². The molecule has 5 nitrogen and oxygen atoms in total. The summed E-state index contributed by atoms with van der Waals surface area (Å²) in [5.74, 6) is 0. The quantitative estimate of drug-likeness (QED) is 0.642. The van der Waals surface area contributed by atoms with Gasteiger partial charge < -0.3 is 20.5 Å². The van der Waals surface area contributed by atoms with Crippen LogP contribution >= 0.6 is 0 Å². The molecule has 0 unspecified atom stereocenters. The number of nitrogens with two attached hydrogens (primary N) is 1. The van der Waals surface area contributed by atoms with Crippen LogP contribution in [0.4, 0.5) is 4.79 Å². The minimum absolute atomic E-state index is 0.0790. The lowest BCUT2D eigenvalue weighted by Gasteiger charge is -2.28. The zero-order valence-corrected chi connectivity index (χ0v) is 10.3. The number of aliphatic hydroxyl groups is 1. The molecular weight excluding hydrogens is 208 g/mol. The normalized spacial score (nSPS) is 27.4. The average Bonchev–Trinajstić information content (AvgIpc) is 2.25. The highest BCUT2D eigenvalue weighted by molar-refractivity contribution is 5.68. The van der Waals surface area contributed by atoms with Gasteiger partial charge in [-0.15, -0.1) is 0 Å². The molecule has 0 aromatic rings. The van der Waals surface area contributed by atoms with E-state index < -0.39 is 17.8 Å². The summed E-state index contributed by atoms with van der Waals surface area (Å²) in [6.45, 7) is 6.21. The number of ether oxygens (including phenoxy) is 1. The second-order valence-corrected chi connectivity index (χ2v) is 5.38. The van der Waals surface area contributed by atoms with Crippen molar-refractivity contribution in [3.05, 3.63) is 0 Å². The summed E-state index contributed by atoms with van der Waals surface area (Å²) in [6.07, 6.45) is 0.478. The Morgan fingerprint density at radius 2 is 2.00 bits per heavy atom. The van der Waals surface area contributed by atoms with E-state index in [1.807, 2.05) is 20.8 Å². The molecule has 0 radical (unpaired) electrons. The standard InChI is InChI=1S/C11H22N2O3/c1-11(2,3)16-10(15)13-6-8(12)4-5-9(14)7-13/h8-9,14H,4-7,12H2,1-3H3/t8-,9+/m1/s1. The fraction of sp³-hybridized carbons (Fsp3) is 0.909. The Balaban J connectivity index is 2.59. The van der Waals surface area contributed by atoms with Crippen LogP contribution in [0.25, 0.3) is 0 Å². The van der Waals surface area contributed by atoms with Gasteiger partial charge in [0.05, 0.1) is 6.10 Å². The van der Waals surface area contributed by atoms with Gasteiger partial charge in [0, 0.05) is 19.1 Å². The summed E-state index contributed by atoms with van der Waals surface area (Å²) in [7, 11) is 0. The highest BCUT2D eigenvalue weighted by Crippen LogP contribution is 2.14. The van der Waals surface area contributed by atoms with Crippen molar-refractivity contribution in [3.63, 3.8) is 0 Å². The van der Waals surface area contributed by atoms with Crippen LogP contribution in [0.2, 0.25) is 0 Å². The maximum Gasteiger partial charge on any atom is 0.410 e. The molecule has 1 amide bonds. The maximum atomic E-state index is 11.8. The van der Waals surface area contributed by atoms with E-state index in [-0.39, 0.29) is 6.04 Å². The van der Waals surface area contributed by atoms with E-state index in [9.17, 15) is 9.90 Å². The summed E-state index contributed by atoms with van der Waals surface area (Å²) in [5, 5.41) is 9.62. The molecule has 0 bridgehead atoms. The molecule has 0 spiro atoms. The number of aliphatic hydroxyl groups excluding tert-OH is 1. The Bertz CT molecular complexity index is 238. The Kier molecular flexibility index (Phi) is 4.15. The van der Waals surface area contributed by atoms with Gasteiger partial charge in [-0.1, -0.05) is 0 Å². The molecule has 16 heavy (non-hydrogen) atoms. The lowest BCUT2D eigenvalue weighted by atomic mass is 10.1. The third-order valence-corrected chi connectivity index (χ3v) is 2.41. The van der Waals surface area contributed by atoms with Crippen LogP contribution in [0.1, 0.15) is 33.6 Å². The van der Waals surface area contributed by atoms with Crippen LogP contribution in [0, 0.1) is 0 Å². The predicted octanol–water partition coefficient (Wildman–Crippen LogP) is 0.705. The molecule has 0 saturated carbocycles. The number of rotatable bonds is 0. The Morgan fingerprint density at radius 3 is 2.56 bits per heavy atom. The van der Waals surface area contributed by atoms with E-state index in [0.29, 0.717) is 19.5 Å². The first-order valence-electron chi connectivity index (χ1n) is 5.69. The molecule has 1 saturated heterocycles. The molecule has 2 atom stereocenters. The third kappa shape index (κ3) is 4.37. The second-order valence-electron chi connectivity index (χ2n) is 5.38. The number of carbonyl (C=O) groups excluding carboxylic acids is 1. The molecule has 94 valence electrons. The first-order chi connectivity index (χ1) is 7.28. The number of hydrogen-bond donors (Lipinski definition) is 2. The molecule has 1 rings (SSSR count). The van der Waals surface area contributed by atoms with Crippen LogP contribution in [0.5, 0.6) is 0 Å². The molecule has 1 heterocycles. The maximum absolute atomic E-state index is 11.8. The molecule has 1 aliphatic heterocycles. The zero-order chi connectivity index (χ0) is 12.3. The van der Waals surface area contributed by atoms with E-state index in [0.717, 1.165) is 6.42 Å². The monoisotopic (exact) mass is 230 g/mol. The van der Waals surface area contributed by atoms with Crippen LogP contribution in [0.3, 0.4) is 0 Å². The van der Waals surface area contributed by atoms with Crippen molar-refractivity contribution in [1.82, 2.24) is 4.90 Å². The smallest absolute Gasteiger partial charge is 0.410 e. The van der Waals surface area contributed by atoms with Gasteiger partial charge in [-0.25, -0.2) is 4.79 Å². The Morgan fingerprint density at radius 1 is 1.38 bits per heavy atom. The van der Waals surface area contributed by atoms with Crippen molar-refractivity contribution >= 4 is 6.09 Å². The highest BCUT2D eigenvalue weighted by Gasteiger charge is 2.27. The van der Waals surface area contributed by atoms with Gasteiger partial charge >= 0.3 is 6.09 Å². The molecule has 0 aliphatic carbocycles. The molecule has 0 aromatic carbocycles. The van der Waals surface area contributed by atoms with Crippen molar-refractivity contribution < 1.29 is 14.6 Å². The summed E-state index contributed by atoms with van der Waals surface area (Å²) in [6, 6.07) is -0.0790. The number of β-amino-alcohol motifs (C(OH)–C–C–N with tert-alkyl or cyclic N) is 1. The van der Waals surface area contributed by atoms with Crippen molar-refractivity contribution in [2.75, 3.05) is 13.1 Å². The molecule has 1 aliphatic rings. The van der Waals surface area contributed by atoms with Crippen LogP contribution in [0.15, 0.2) is 0 Å². The van der Waals surface area contributed by atoms with E-state index in [4.69, 9.17) is 10.5 Å². The minimum Gasteiger partial charge on any atom is -0.444 e. The van der Waals surface area contributed by atoms with E-state index in [1.165, 1.54) is 4.90 Å². The van der Waals surface area contributed by atoms with Crippen LogP contribution < -0.4 is 5.73 Å². The lowest BCUT2D eigenvalue weighted by Crippen LogP contribution is -2.44. The van der Waals surface area contributed by atoms with Gasteiger partial charge in [0.15, 0.2) is 0 Å². The first kappa shape index (κ1) is 13.3. The van der Waals surface area contributed by atoms with E-state index in [2.05, 4.69) is 0 Å². The highest BCUT2D eigenvalue weighted by atomic mass is 16.6. The number of nitrogens with zero attached hydrogens (tertiary/aromatic N) is 1. The molecule has 3 N–H and O–H groups in total. The first-order valence-corrected chi connectivity index (χ1v) is 5.69. The number of carbonyl (C=O) groups is 1. The molecular formula is C11H22N2O3. The number of likely N-dealkylation sites (tertiary alicyclic amines) is 1. The van der Waals surface area contributed by atoms with Crippen LogP contribution in [-0.4, -0.2) is 46.9 Å². The fourth-order valence-electron chi connectivity index (χ4n) is 1.68. The van der Waals surface area contributed by atoms with E-state index in [1.54, 1.807) is 0 Å². The summed E-state index contributed by atoms with van der Waals surface area (Å²) in [4.78, 5) is 13.3. The van der Waals surface area contributed by atoms with Crippen molar-refractivity contribution in [1.29, 1.82) is 0 Å². The van der Waals surface area contributed by atoms with Crippen molar-refractivity contribution in [2.45, 2.75) is 51.4 Å². The second kappa shape index (κ2) is 5.01. The van der Waals surface area contributed by atoms with Crippen LogP contribution in [-0.2, 0) is 4.74 Å². The molecule has 5 heteroatoms. The van der Waals surface area contributed by atoms with Crippen molar-refractivity contribution in [3.8, 4) is 0 Å². The average molecular weight is 230 g/mol. The predicted molar refractivity (Wildman–Crippen MR) is 61.0 cm³/mol. The van der Waals surface area contributed by atoms with Gasteiger partial charge in [0.2, 0.25) is 0 Å². The third-order valence-electron chi connectivity index (χ3n) is 2.41. The summed E-state index contributed by atoms with van der Waals surface area (Å²) >= 11 is 0. The summed E-state index contributed by atoms with van der Waals surface area (Å²) in [5.41, 5.74) is 5.31. The SMILES string of the molecule is CC(C)(C)OC(=O)N1C[C@H](N)CC[C@H](O)C1. The Labute approximate surface area is 96.6 Å². The fourth-order valence-corrected chi connectivity index (χ4v) is 1.68. The molecule has 0 aromatic heterocycles. The minimum atomic E-state index is -0.515. The zero-order valence-electron chi connectivity index (χ0n) is 10.3.